The van der Waals surface area contributed by atoms with Gasteiger partial charge in [-0.25, -0.2) is 0 Å². The third kappa shape index (κ3) is 3.29. The summed E-state index contributed by atoms with van der Waals surface area (Å²) in [6.45, 7) is 10.8. The van der Waals surface area contributed by atoms with Gasteiger partial charge in [-0.1, -0.05) is 43.3 Å². The van der Waals surface area contributed by atoms with Crippen molar-refractivity contribution in [1.82, 2.24) is 5.32 Å². The van der Waals surface area contributed by atoms with Crippen LogP contribution in [0.5, 0.6) is 0 Å². The Morgan fingerprint density at radius 1 is 0.900 bits per heavy atom. The standard InChI is InChI=1S/C19H25N/c1-5-11-20-13-17-9-10-18(15(3)12-17)19-8-6-7-14(2)16(19)4/h6-10,12,20H,5,11,13H2,1-4H3. The quantitative estimate of drug-likeness (QED) is 0.769. The lowest BCUT2D eigenvalue weighted by Crippen LogP contribution is -2.13. The lowest BCUT2D eigenvalue weighted by atomic mass is 9.93. The molecular weight excluding hydrogens is 242 g/mol. The molecule has 0 bridgehead atoms. The van der Waals surface area contributed by atoms with Crippen LogP contribution in [0.2, 0.25) is 0 Å². The number of rotatable bonds is 5. The van der Waals surface area contributed by atoms with E-state index < -0.39 is 0 Å². The summed E-state index contributed by atoms with van der Waals surface area (Å²) in [6, 6.07) is 13.4. The molecule has 0 fully saturated rings. The lowest BCUT2D eigenvalue weighted by Gasteiger charge is -2.13. The predicted octanol–water partition coefficient (Wildman–Crippen LogP) is 4.78. The summed E-state index contributed by atoms with van der Waals surface area (Å²) in [5.41, 5.74) is 8.17. The van der Waals surface area contributed by atoms with Crippen molar-refractivity contribution in [3.05, 3.63) is 58.7 Å². The molecule has 1 heteroatoms. The molecule has 2 aromatic carbocycles. The Morgan fingerprint density at radius 2 is 1.70 bits per heavy atom. The van der Waals surface area contributed by atoms with E-state index in [0.717, 1.165) is 13.1 Å². The second kappa shape index (κ2) is 6.71. The van der Waals surface area contributed by atoms with Crippen molar-refractivity contribution in [3.63, 3.8) is 0 Å². The molecule has 106 valence electrons. The van der Waals surface area contributed by atoms with Gasteiger partial charge >= 0.3 is 0 Å². The molecule has 0 aliphatic carbocycles. The van der Waals surface area contributed by atoms with Crippen molar-refractivity contribution in [2.24, 2.45) is 0 Å². The molecule has 1 N–H and O–H groups in total. The summed E-state index contributed by atoms with van der Waals surface area (Å²) in [6.07, 6.45) is 1.18. The van der Waals surface area contributed by atoms with Crippen LogP contribution in [-0.2, 0) is 6.54 Å². The third-order valence-corrected chi connectivity index (χ3v) is 3.94. The summed E-state index contributed by atoms with van der Waals surface area (Å²) in [5, 5.41) is 3.46. The highest BCUT2D eigenvalue weighted by Gasteiger charge is 2.07. The Hall–Kier alpha value is -1.60. The molecule has 0 amide bonds. The number of nitrogens with one attached hydrogen (secondary N) is 1. The fourth-order valence-electron chi connectivity index (χ4n) is 2.59. The first-order valence-corrected chi connectivity index (χ1v) is 7.50. The van der Waals surface area contributed by atoms with Crippen molar-refractivity contribution < 1.29 is 0 Å². The van der Waals surface area contributed by atoms with Gasteiger partial charge in [0.05, 0.1) is 0 Å². The smallest absolute Gasteiger partial charge is 0.0205 e. The molecule has 0 unspecified atom stereocenters. The zero-order chi connectivity index (χ0) is 14.5. The summed E-state index contributed by atoms with van der Waals surface area (Å²) in [5.74, 6) is 0. The summed E-state index contributed by atoms with van der Waals surface area (Å²) >= 11 is 0. The maximum Gasteiger partial charge on any atom is 0.0205 e. The topological polar surface area (TPSA) is 12.0 Å². The van der Waals surface area contributed by atoms with Crippen LogP contribution in [0.25, 0.3) is 11.1 Å². The van der Waals surface area contributed by atoms with Crippen LogP contribution >= 0.6 is 0 Å². The molecular formula is C19H25N. The fourth-order valence-corrected chi connectivity index (χ4v) is 2.59. The Morgan fingerprint density at radius 3 is 2.40 bits per heavy atom. The van der Waals surface area contributed by atoms with Gasteiger partial charge in [-0.2, -0.15) is 0 Å². The highest BCUT2D eigenvalue weighted by atomic mass is 14.8. The maximum absolute atomic E-state index is 3.46. The van der Waals surface area contributed by atoms with E-state index in [9.17, 15) is 0 Å². The van der Waals surface area contributed by atoms with E-state index >= 15 is 0 Å². The second-order valence-electron chi connectivity index (χ2n) is 5.57. The van der Waals surface area contributed by atoms with Crippen molar-refractivity contribution in [2.45, 2.75) is 40.7 Å². The van der Waals surface area contributed by atoms with Gasteiger partial charge in [0.25, 0.3) is 0 Å². The SMILES string of the molecule is CCCNCc1ccc(-c2cccc(C)c2C)c(C)c1. The molecule has 0 saturated heterocycles. The van der Waals surface area contributed by atoms with Crippen molar-refractivity contribution in [1.29, 1.82) is 0 Å². The van der Waals surface area contributed by atoms with E-state index in [-0.39, 0.29) is 0 Å². The zero-order valence-corrected chi connectivity index (χ0v) is 13.1. The first kappa shape index (κ1) is 14.8. The molecule has 0 aromatic heterocycles. The van der Waals surface area contributed by atoms with Crippen LogP contribution in [0, 0.1) is 20.8 Å². The third-order valence-electron chi connectivity index (χ3n) is 3.94. The Bertz CT molecular complexity index is 584. The Kier molecular flexibility index (Phi) is 4.97. The van der Waals surface area contributed by atoms with E-state index in [1.165, 1.54) is 39.8 Å². The first-order chi connectivity index (χ1) is 9.63. The Balaban J connectivity index is 2.27. The van der Waals surface area contributed by atoms with E-state index in [1.807, 2.05) is 0 Å². The van der Waals surface area contributed by atoms with Gasteiger partial charge in [0.15, 0.2) is 0 Å². The molecule has 0 atom stereocenters. The van der Waals surface area contributed by atoms with Gasteiger partial charge in [0.2, 0.25) is 0 Å². The lowest BCUT2D eigenvalue weighted by molar-refractivity contribution is 0.675. The highest BCUT2D eigenvalue weighted by Crippen LogP contribution is 2.28. The molecule has 0 aliphatic rings. The van der Waals surface area contributed by atoms with Gasteiger partial charge in [-0.15, -0.1) is 0 Å². The molecule has 0 spiro atoms. The largest absolute Gasteiger partial charge is 0.313 e. The minimum Gasteiger partial charge on any atom is -0.313 e. The highest BCUT2D eigenvalue weighted by molar-refractivity contribution is 5.71. The maximum atomic E-state index is 3.46. The van der Waals surface area contributed by atoms with E-state index in [0.29, 0.717) is 0 Å². The zero-order valence-electron chi connectivity index (χ0n) is 13.1. The predicted molar refractivity (Wildman–Crippen MR) is 88.1 cm³/mol. The molecule has 0 radical (unpaired) electrons. The number of hydrogen-bond acceptors (Lipinski definition) is 1. The number of hydrogen-bond donors (Lipinski definition) is 1. The van der Waals surface area contributed by atoms with Crippen LogP contribution in [0.4, 0.5) is 0 Å². The number of benzene rings is 2. The monoisotopic (exact) mass is 267 g/mol. The molecule has 0 aliphatic heterocycles. The summed E-state index contributed by atoms with van der Waals surface area (Å²) in [4.78, 5) is 0. The molecule has 20 heavy (non-hydrogen) atoms. The van der Waals surface area contributed by atoms with E-state index in [4.69, 9.17) is 0 Å². The van der Waals surface area contributed by atoms with Crippen molar-refractivity contribution >= 4 is 0 Å². The van der Waals surface area contributed by atoms with Crippen LogP contribution in [0.3, 0.4) is 0 Å². The average molecular weight is 267 g/mol. The summed E-state index contributed by atoms with van der Waals surface area (Å²) < 4.78 is 0. The minimum absolute atomic E-state index is 0.960. The van der Waals surface area contributed by atoms with E-state index in [1.54, 1.807) is 0 Å². The summed E-state index contributed by atoms with van der Waals surface area (Å²) in [7, 11) is 0. The van der Waals surface area contributed by atoms with Gasteiger partial charge < -0.3 is 5.32 Å². The van der Waals surface area contributed by atoms with Gasteiger partial charge in [0, 0.05) is 6.54 Å². The second-order valence-corrected chi connectivity index (χ2v) is 5.57. The van der Waals surface area contributed by atoms with Gasteiger partial charge in [0.1, 0.15) is 0 Å². The fraction of sp³-hybridized carbons (Fsp3) is 0.368. The first-order valence-electron chi connectivity index (χ1n) is 7.50. The normalized spacial score (nSPS) is 10.8. The van der Waals surface area contributed by atoms with E-state index in [2.05, 4.69) is 69.4 Å². The van der Waals surface area contributed by atoms with Crippen molar-refractivity contribution in [3.8, 4) is 11.1 Å². The van der Waals surface area contributed by atoms with Gasteiger partial charge in [-0.05, 0) is 67.1 Å². The van der Waals surface area contributed by atoms with Gasteiger partial charge in [-0.3, -0.25) is 0 Å². The number of aryl methyl sites for hydroxylation is 2. The average Bonchev–Trinajstić information content (AvgIpc) is 2.43. The van der Waals surface area contributed by atoms with Crippen LogP contribution in [0.1, 0.15) is 35.6 Å². The molecule has 1 nitrogen and oxygen atoms in total. The molecule has 0 saturated carbocycles. The molecule has 2 aromatic rings. The van der Waals surface area contributed by atoms with Crippen molar-refractivity contribution in [2.75, 3.05) is 6.54 Å². The van der Waals surface area contributed by atoms with Crippen LogP contribution in [-0.4, -0.2) is 6.54 Å². The minimum atomic E-state index is 0.960. The molecule has 2 rings (SSSR count). The molecule has 0 heterocycles. The Labute approximate surface area is 123 Å². The van der Waals surface area contributed by atoms with Crippen LogP contribution < -0.4 is 5.32 Å². The van der Waals surface area contributed by atoms with Crippen LogP contribution in [0.15, 0.2) is 36.4 Å².